The molecule has 2 aromatic carbocycles. The van der Waals surface area contributed by atoms with Crippen molar-refractivity contribution in [2.24, 2.45) is 4.99 Å². The van der Waals surface area contributed by atoms with Crippen molar-refractivity contribution in [2.45, 2.75) is 26.8 Å². The van der Waals surface area contributed by atoms with Crippen molar-refractivity contribution in [3.63, 3.8) is 0 Å². The first-order chi connectivity index (χ1) is 16.6. The molecule has 0 fully saturated rings. The number of aryl methyl sites for hydroxylation is 1. The van der Waals surface area contributed by atoms with Crippen LogP contribution in [0.5, 0.6) is 5.75 Å². The molecule has 0 aliphatic carbocycles. The molecule has 4 rings (SSSR count). The summed E-state index contributed by atoms with van der Waals surface area (Å²) < 4.78 is 7.59. The number of nitrogens with zero attached hydrogens (tertiary/aromatic N) is 3. The van der Waals surface area contributed by atoms with E-state index < -0.39 is 22.5 Å². The molecule has 35 heavy (non-hydrogen) atoms. The van der Waals surface area contributed by atoms with Gasteiger partial charge >= 0.3 is 5.97 Å². The lowest BCUT2D eigenvalue weighted by atomic mass is 9.94. The fourth-order valence-electron chi connectivity index (χ4n) is 3.88. The molecule has 1 aliphatic rings. The Hall–Kier alpha value is -3.57. The highest BCUT2D eigenvalue weighted by Gasteiger charge is 2.34. The molecule has 0 amide bonds. The second-order valence-corrected chi connectivity index (χ2v) is 9.73. The summed E-state index contributed by atoms with van der Waals surface area (Å²) in [6, 6.07) is 8.49. The maximum Gasteiger partial charge on any atom is 0.338 e. The lowest BCUT2D eigenvalue weighted by molar-refractivity contribution is -0.385. The largest absolute Gasteiger partial charge is 0.507 e. The first-order valence-electron chi connectivity index (χ1n) is 10.6. The molecule has 3 aromatic rings. The minimum Gasteiger partial charge on any atom is -0.507 e. The van der Waals surface area contributed by atoms with E-state index in [1.165, 1.54) is 16.7 Å². The smallest absolute Gasteiger partial charge is 0.338 e. The summed E-state index contributed by atoms with van der Waals surface area (Å²) in [5.41, 5.74) is 1.18. The maximum atomic E-state index is 13.6. The highest BCUT2D eigenvalue weighted by atomic mass is 79.9. The van der Waals surface area contributed by atoms with Crippen molar-refractivity contribution < 1.29 is 19.6 Å². The zero-order valence-corrected chi connectivity index (χ0v) is 21.3. The lowest BCUT2D eigenvalue weighted by Gasteiger charge is -2.24. The number of rotatable bonds is 5. The van der Waals surface area contributed by atoms with Gasteiger partial charge < -0.3 is 9.84 Å². The molecule has 11 heteroatoms. The summed E-state index contributed by atoms with van der Waals surface area (Å²) in [5.74, 6) is -0.658. The Morgan fingerprint density at radius 2 is 2.06 bits per heavy atom. The van der Waals surface area contributed by atoms with Gasteiger partial charge in [0, 0.05) is 21.7 Å². The molecular weight excluding hydrogens is 538 g/mol. The fraction of sp³-hybridized carbons (Fsp3) is 0.208. The average Bonchev–Trinajstić information content (AvgIpc) is 3.10. The molecule has 180 valence electrons. The molecule has 2 heterocycles. The topological polar surface area (TPSA) is 124 Å². The number of thiazole rings is 1. The van der Waals surface area contributed by atoms with Gasteiger partial charge in [-0.1, -0.05) is 39.4 Å². The fourth-order valence-corrected chi connectivity index (χ4v) is 5.30. The molecule has 0 bridgehead atoms. The van der Waals surface area contributed by atoms with Crippen molar-refractivity contribution in [1.82, 2.24) is 4.57 Å². The summed E-state index contributed by atoms with van der Waals surface area (Å²) in [7, 11) is 0. The van der Waals surface area contributed by atoms with Gasteiger partial charge in [-0.3, -0.25) is 19.5 Å². The number of phenols is 1. The Bertz CT molecular complexity index is 1590. The van der Waals surface area contributed by atoms with Gasteiger partial charge in [0.05, 0.1) is 33.4 Å². The van der Waals surface area contributed by atoms with Gasteiger partial charge in [-0.2, -0.15) is 0 Å². The second-order valence-electron chi connectivity index (χ2n) is 7.81. The van der Waals surface area contributed by atoms with Gasteiger partial charge in [0.2, 0.25) is 0 Å². The number of hydrogen-bond acceptors (Lipinski definition) is 8. The zero-order valence-electron chi connectivity index (χ0n) is 18.9. The van der Waals surface area contributed by atoms with Crippen LogP contribution in [0.1, 0.15) is 36.6 Å². The van der Waals surface area contributed by atoms with Crippen LogP contribution in [0.2, 0.25) is 0 Å². The number of fused-ring (bicyclic) bond motifs is 1. The number of hydrogen-bond donors (Lipinski definition) is 1. The molecule has 0 saturated carbocycles. The second kappa shape index (κ2) is 9.59. The van der Waals surface area contributed by atoms with Crippen molar-refractivity contribution in [1.29, 1.82) is 0 Å². The number of nitro groups is 1. The third-order valence-corrected chi connectivity index (χ3v) is 7.02. The maximum absolute atomic E-state index is 13.6. The van der Waals surface area contributed by atoms with E-state index in [9.17, 15) is 24.8 Å². The van der Waals surface area contributed by atoms with Crippen molar-refractivity contribution in [3.05, 3.63) is 98.6 Å². The first kappa shape index (κ1) is 24.6. The van der Waals surface area contributed by atoms with E-state index in [0.29, 0.717) is 27.2 Å². The van der Waals surface area contributed by atoms with Gasteiger partial charge in [-0.15, -0.1) is 0 Å². The van der Waals surface area contributed by atoms with Crippen molar-refractivity contribution in [2.75, 3.05) is 6.61 Å². The average molecular weight is 558 g/mol. The number of esters is 1. The van der Waals surface area contributed by atoms with Crippen molar-refractivity contribution >= 4 is 45.0 Å². The predicted octanol–water partition coefficient (Wildman–Crippen LogP) is 3.48. The summed E-state index contributed by atoms with van der Waals surface area (Å²) >= 11 is 4.45. The quantitative estimate of drug-likeness (QED) is 0.291. The van der Waals surface area contributed by atoms with Gasteiger partial charge in [-0.25, -0.2) is 9.79 Å². The molecule has 0 saturated heterocycles. The van der Waals surface area contributed by atoms with Crippen LogP contribution in [-0.2, 0) is 9.53 Å². The Kier molecular flexibility index (Phi) is 6.73. The Morgan fingerprint density at radius 1 is 1.31 bits per heavy atom. The van der Waals surface area contributed by atoms with Crippen LogP contribution in [-0.4, -0.2) is 27.2 Å². The molecular formula is C24H20BrN3O6S. The van der Waals surface area contributed by atoms with Crippen LogP contribution in [0.25, 0.3) is 6.08 Å². The van der Waals surface area contributed by atoms with E-state index in [2.05, 4.69) is 20.9 Å². The van der Waals surface area contributed by atoms with Crippen LogP contribution < -0.4 is 14.9 Å². The summed E-state index contributed by atoms with van der Waals surface area (Å²) in [4.78, 5) is 42.5. The van der Waals surface area contributed by atoms with Gasteiger partial charge in [0.25, 0.3) is 11.2 Å². The van der Waals surface area contributed by atoms with Gasteiger partial charge in [0.1, 0.15) is 5.75 Å². The number of phenolic OH excluding ortho intramolecular Hbond substituents is 1. The van der Waals surface area contributed by atoms with Crippen LogP contribution >= 0.6 is 27.3 Å². The first-order valence-corrected chi connectivity index (χ1v) is 12.2. The summed E-state index contributed by atoms with van der Waals surface area (Å²) in [6.07, 6.45) is 1.54. The number of carbonyl (C=O) groups excluding carboxylic acids is 1. The molecule has 1 atom stereocenters. The highest BCUT2D eigenvalue weighted by molar-refractivity contribution is 9.10. The number of ether oxygens (including phenoxy) is 1. The Balaban J connectivity index is 2.01. The van der Waals surface area contributed by atoms with E-state index in [1.54, 1.807) is 51.1 Å². The number of benzene rings is 2. The molecule has 9 nitrogen and oxygen atoms in total. The number of aromatic nitrogens is 1. The number of allylic oxidation sites excluding steroid dienone is 1. The lowest BCUT2D eigenvalue weighted by Crippen LogP contribution is -2.40. The van der Waals surface area contributed by atoms with E-state index >= 15 is 0 Å². The Morgan fingerprint density at radius 3 is 2.74 bits per heavy atom. The third kappa shape index (κ3) is 4.56. The van der Waals surface area contributed by atoms with Crippen LogP contribution in [0.3, 0.4) is 0 Å². The summed E-state index contributed by atoms with van der Waals surface area (Å²) in [5, 5.41) is 21.8. The van der Waals surface area contributed by atoms with E-state index in [0.717, 1.165) is 15.8 Å². The normalized spacial score (nSPS) is 15.5. The number of aromatic hydroxyl groups is 1. The van der Waals surface area contributed by atoms with E-state index in [1.807, 2.05) is 0 Å². The minimum absolute atomic E-state index is 0.00635. The van der Waals surface area contributed by atoms with Crippen LogP contribution in [0.15, 0.2) is 61.9 Å². The van der Waals surface area contributed by atoms with Gasteiger partial charge in [-0.05, 0) is 50.6 Å². The predicted molar refractivity (Wildman–Crippen MR) is 134 cm³/mol. The molecule has 1 N–H and O–H groups in total. The number of nitro benzene ring substituents is 1. The van der Waals surface area contributed by atoms with Crippen molar-refractivity contribution in [3.8, 4) is 5.75 Å². The molecule has 0 spiro atoms. The Labute approximate surface area is 211 Å². The minimum atomic E-state index is -0.970. The monoisotopic (exact) mass is 557 g/mol. The van der Waals surface area contributed by atoms with Crippen LogP contribution in [0, 0.1) is 17.0 Å². The third-order valence-electron chi connectivity index (χ3n) is 5.54. The highest BCUT2D eigenvalue weighted by Crippen LogP contribution is 2.33. The standard InChI is InChI=1S/C24H20BrN3O6S/c1-4-34-23(31)20-13(3)26-24-27(21(20)14-6-5-12(2)17(10-14)28(32)33)22(30)19(35-24)11-15-9-16(25)7-8-18(15)29/h5-11,21,29H,4H2,1-3H3/b19-11+/t21-/m1/s1. The molecule has 0 unspecified atom stereocenters. The van der Waals surface area contributed by atoms with E-state index in [-0.39, 0.29) is 28.1 Å². The number of carbonyl (C=O) groups is 1. The number of halogens is 1. The molecule has 1 aromatic heterocycles. The van der Waals surface area contributed by atoms with E-state index in [4.69, 9.17) is 4.74 Å². The molecule has 1 aliphatic heterocycles. The van der Waals surface area contributed by atoms with Crippen LogP contribution in [0.4, 0.5) is 5.69 Å². The SMILES string of the molecule is CCOC(=O)C1=C(C)N=c2s/c(=C/c3cc(Br)ccc3O)c(=O)n2[C@@H]1c1ccc(C)c([N+](=O)[O-])c1. The van der Waals surface area contributed by atoms with Gasteiger partial charge in [0.15, 0.2) is 4.80 Å². The summed E-state index contributed by atoms with van der Waals surface area (Å²) in [6.45, 7) is 5.03. The zero-order chi connectivity index (χ0) is 25.4. The molecule has 0 radical (unpaired) electrons.